The summed E-state index contributed by atoms with van der Waals surface area (Å²) in [7, 11) is 0. The predicted octanol–water partition coefficient (Wildman–Crippen LogP) is 9.85. The number of hydrogen-bond donors (Lipinski definition) is 4. The molecule has 4 aromatic carbocycles. The molecule has 3 amide bonds. The molecule has 0 radical (unpaired) electrons. The van der Waals surface area contributed by atoms with Gasteiger partial charge in [-0.25, -0.2) is 0 Å². The molecule has 7 heteroatoms. The molecule has 2 heterocycles. The number of carbonyl (C=O) groups is 3. The van der Waals surface area contributed by atoms with Crippen molar-refractivity contribution >= 4 is 40.5 Å². The zero-order valence-electron chi connectivity index (χ0n) is 30.8. The summed E-state index contributed by atoms with van der Waals surface area (Å²) in [4.78, 5) is 36.7. The Morgan fingerprint density at radius 2 is 1.08 bits per heavy atom. The molecule has 0 bridgehead atoms. The normalized spacial score (nSPS) is 14.9. The molecule has 0 saturated carbocycles. The van der Waals surface area contributed by atoms with Crippen molar-refractivity contribution in [3.05, 3.63) is 117 Å². The Hall–Kier alpha value is -4.91. The zero-order valence-corrected chi connectivity index (χ0v) is 30.8. The summed E-state index contributed by atoms with van der Waals surface area (Å²) in [5, 5.41) is 12.2. The highest BCUT2D eigenvalue weighted by Crippen LogP contribution is 2.39. The fraction of sp³-hybridized carbons (Fsp3) is 0.357. The molecule has 0 unspecified atom stereocenters. The third-order valence-corrected chi connectivity index (χ3v) is 9.49. The van der Waals surface area contributed by atoms with Gasteiger partial charge in [0.1, 0.15) is 0 Å². The molecule has 0 aromatic heterocycles. The highest BCUT2D eigenvalue weighted by Gasteiger charge is 2.32. The van der Waals surface area contributed by atoms with Gasteiger partial charge in [-0.3, -0.25) is 14.4 Å². The number of carbonyl (C=O) groups excluding carboxylic acids is 3. The minimum atomic E-state index is -0.200. The van der Waals surface area contributed by atoms with E-state index in [1.54, 1.807) is 0 Å². The van der Waals surface area contributed by atoms with Crippen LogP contribution >= 0.6 is 0 Å². The van der Waals surface area contributed by atoms with E-state index in [-0.39, 0.29) is 28.6 Å². The number of hydrogen-bond acceptors (Lipinski definition) is 4. The molecule has 258 valence electrons. The van der Waals surface area contributed by atoms with Gasteiger partial charge in [-0.15, -0.1) is 0 Å². The highest BCUT2D eigenvalue weighted by molar-refractivity contribution is 6.06. The van der Waals surface area contributed by atoms with E-state index in [9.17, 15) is 14.4 Å². The van der Waals surface area contributed by atoms with Crippen LogP contribution in [-0.2, 0) is 15.6 Å². The molecule has 4 N–H and O–H groups in total. The van der Waals surface area contributed by atoms with Crippen molar-refractivity contribution in [1.82, 2.24) is 0 Å². The van der Waals surface area contributed by atoms with E-state index >= 15 is 0 Å². The molecular formula is C42H52N4O3. The lowest BCUT2D eigenvalue weighted by molar-refractivity contribution is -0.117. The first-order valence-electron chi connectivity index (χ1n) is 17.2. The van der Waals surface area contributed by atoms with E-state index in [2.05, 4.69) is 55.0 Å². The molecule has 6 rings (SSSR count). The van der Waals surface area contributed by atoms with E-state index in [0.29, 0.717) is 23.2 Å². The van der Waals surface area contributed by atoms with Gasteiger partial charge in [0.25, 0.3) is 11.8 Å². The number of rotatable bonds is 4. The van der Waals surface area contributed by atoms with Crippen molar-refractivity contribution < 1.29 is 14.4 Å². The van der Waals surface area contributed by atoms with Crippen LogP contribution in [0.4, 0.5) is 22.7 Å². The van der Waals surface area contributed by atoms with Crippen LogP contribution in [-0.4, -0.2) is 24.3 Å². The van der Waals surface area contributed by atoms with Crippen molar-refractivity contribution in [2.45, 2.75) is 92.9 Å². The van der Waals surface area contributed by atoms with Gasteiger partial charge in [-0.1, -0.05) is 65.8 Å². The number of nitrogens with one attached hydrogen (secondary N) is 4. The summed E-state index contributed by atoms with van der Waals surface area (Å²) < 4.78 is 0. The molecule has 0 atom stereocenters. The Kier molecular flexibility index (Phi) is 11.4. The lowest BCUT2D eigenvalue weighted by Crippen LogP contribution is -2.32. The average Bonchev–Trinajstić information content (AvgIpc) is 3.04. The summed E-state index contributed by atoms with van der Waals surface area (Å²) in [5.41, 5.74) is 11.7. The first-order chi connectivity index (χ1) is 23.1. The molecule has 2 aliphatic rings. The second-order valence-electron chi connectivity index (χ2n) is 14.2. The van der Waals surface area contributed by atoms with Crippen LogP contribution in [0.1, 0.15) is 108 Å². The summed E-state index contributed by atoms with van der Waals surface area (Å²) >= 11 is 0. The van der Waals surface area contributed by atoms with E-state index in [1.165, 1.54) is 11.1 Å². The van der Waals surface area contributed by atoms with Crippen molar-refractivity contribution in [2.75, 3.05) is 27.8 Å². The summed E-state index contributed by atoms with van der Waals surface area (Å²) in [6.45, 7) is 21.7. The molecule has 0 aliphatic carbocycles. The third-order valence-electron chi connectivity index (χ3n) is 9.49. The van der Waals surface area contributed by atoms with Crippen LogP contribution < -0.4 is 21.3 Å². The lowest BCUT2D eigenvalue weighted by atomic mass is 9.78. The van der Waals surface area contributed by atoms with E-state index < -0.39 is 0 Å². The molecule has 0 spiro atoms. The molecular weight excluding hydrogens is 608 g/mol. The first-order valence-corrected chi connectivity index (χ1v) is 17.2. The van der Waals surface area contributed by atoms with Crippen molar-refractivity contribution in [2.24, 2.45) is 0 Å². The Labute approximate surface area is 292 Å². The summed E-state index contributed by atoms with van der Waals surface area (Å²) in [5.74, 6) is -0.215. The Bertz CT molecular complexity index is 1870. The van der Waals surface area contributed by atoms with Crippen molar-refractivity contribution in [1.29, 1.82) is 0 Å². The van der Waals surface area contributed by atoms with Gasteiger partial charge in [-0.05, 0) is 121 Å². The monoisotopic (exact) mass is 660 g/mol. The maximum atomic E-state index is 12.4. The number of aryl methyl sites for hydroxylation is 4. The van der Waals surface area contributed by atoms with Crippen molar-refractivity contribution in [3.8, 4) is 0 Å². The van der Waals surface area contributed by atoms with E-state index in [1.807, 2.05) is 108 Å². The first kappa shape index (κ1) is 36.9. The predicted molar refractivity (Wildman–Crippen MR) is 204 cm³/mol. The topological polar surface area (TPSA) is 99.3 Å². The van der Waals surface area contributed by atoms with Gasteiger partial charge in [-0.2, -0.15) is 0 Å². The number of fused-ring (bicyclic) bond motifs is 2. The fourth-order valence-corrected chi connectivity index (χ4v) is 6.18. The van der Waals surface area contributed by atoms with Gasteiger partial charge in [0.15, 0.2) is 0 Å². The Morgan fingerprint density at radius 3 is 1.57 bits per heavy atom. The van der Waals surface area contributed by atoms with Gasteiger partial charge < -0.3 is 21.3 Å². The molecule has 0 fully saturated rings. The van der Waals surface area contributed by atoms with Crippen LogP contribution in [0.25, 0.3) is 0 Å². The van der Waals surface area contributed by atoms with E-state index in [0.717, 1.165) is 52.3 Å². The second-order valence-corrected chi connectivity index (χ2v) is 14.2. The largest absolute Gasteiger partial charge is 0.385 e. The van der Waals surface area contributed by atoms with Crippen LogP contribution in [0.3, 0.4) is 0 Å². The molecule has 0 saturated heterocycles. The van der Waals surface area contributed by atoms with Crippen molar-refractivity contribution in [3.63, 3.8) is 0 Å². The molecule has 4 aromatic rings. The number of benzene rings is 4. The number of amides is 3. The fourth-order valence-electron chi connectivity index (χ4n) is 6.18. The summed E-state index contributed by atoms with van der Waals surface area (Å²) in [6.07, 6.45) is 1.59. The minimum absolute atomic E-state index is 0.00476. The Morgan fingerprint density at radius 1 is 0.612 bits per heavy atom. The van der Waals surface area contributed by atoms with Gasteiger partial charge in [0.2, 0.25) is 5.91 Å². The minimum Gasteiger partial charge on any atom is -0.385 e. The zero-order chi connectivity index (χ0) is 36.1. The smallest absolute Gasteiger partial charge is 0.255 e. The second kappa shape index (κ2) is 15.1. The lowest BCUT2D eigenvalue weighted by Gasteiger charge is -2.33. The maximum absolute atomic E-state index is 12.4. The molecule has 49 heavy (non-hydrogen) atoms. The molecule has 2 aliphatic heterocycles. The SMILES string of the molecule is CC.Cc1ccc(C(=O)Nc2ccc3c(c2)NC(=O)CC3(C)C)cc1C.Cc1ccc(C(=O)Nc2ccc3c(c2)NCCC3(C)C)cc1C. The van der Waals surface area contributed by atoms with E-state index in [4.69, 9.17) is 0 Å². The van der Waals surface area contributed by atoms with Gasteiger partial charge in [0.05, 0.1) is 0 Å². The quantitative estimate of drug-likeness (QED) is 0.175. The van der Waals surface area contributed by atoms with Crippen LogP contribution in [0.15, 0.2) is 72.8 Å². The molecule has 7 nitrogen and oxygen atoms in total. The van der Waals surface area contributed by atoms with Crippen LogP contribution in [0, 0.1) is 27.7 Å². The Balaban J connectivity index is 0.000000210. The average molecular weight is 661 g/mol. The summed E-state index contributed by atoms with van der Waals surface area (Å²) in [6, 6.07) is 23.3. The van der Waals surface area contributed by atoms with Crippen LogP contribution in [0.5, 0.6) is 0 Å². The van der Waals surface area contributed by atoms with Gasteiger partial charge >= 0.3 is 0 Å². The highest BCUT2D eigenvalue weighted by atomic mass is 16.2. The number of anilines is 4. The van der Waals surface area contributed by atoms with Crippen LogP contribution in [0.2, 0.25) is 0 Å². The van der Waals surface area contributed by atoms with Gasteiger partial charge in [0, 0.05) is 52.3 Å². The third kappa shape index (κ3) is 8.77. The maximum Gasteiger partial charge on any atom is 0.255 e. The standard InChI is InChI=1S/C20H22N2O2.C20H24N2O.C2H6/c1-12-5-6-14(9-13(12)2)19(24)21-15-7-8-16-17(10-15)22-18(23)11-20(16,3)4;1-13-5-6-15(11-14(13)2)19(23)22-16-7-8-17-18(12-16)21-10-9-20(17,3)4;1-2/h5-10H,11H2,1-4H3,(H,21,24)(H,22,23);5-8,11-12,21H,9-10H2,1-4H3,(H,22,23);1-2H3.